The van der Waals surface area contributed by atoms with Crippen LogP contribution >= 0.6 is 11.3 Å². The van der Waals surface area contributed by atoms with Gasteiger partial charge in [-0.05, 0) is 38.8 Å². The number of hydrogen-bond donors (Lipinski definition) is 1. The van der Waals surface area contributed by atoms with Crippen LogP contribution in [-0.4, -0.2) is 33.2 Å². The van der Waals surface area contributed by atoms with Crippen molar-refractivity contribution in [1.29, 1.82) is 0 Å². The van der Waals surface area contributed by atoms with Crippen molar-refractivity contribution < 1.29 is 9.59 Å². The van der Waals surface area contributed by atoms with Crippen molar-refractivity contribution in [2.24, 2.45) is 0 Å². The van der Waals surface area contributed by atoms with Crippen molar-refractivity contribution >= 4 is 23.2 Å². The third kappa shape index (κ3) is 3.87. The summed E-state index contributed by atoms with van der Waals surface area (Å²) in [4.78, 5) is 36.7. The van der Waals surface area contributed by atoms with E-state index in [4.69, 9.17) is 0 Å². The van der Waals surface area contributed by atoms with Crippen LogP contribution in [0.25, 0.3) is 0 Å². The van der Waals surface area contributed by atoms with E-state index >= 15 is 0 Å². The van der Waals surface area contributed by atoms with Gasteiger partial charge in [0.15, 0.2) is 0 Å². The molecule has 0 aromatic carbocycles. The molecule has 7 heteroatoms. The maximum atomic E-state index is 12.3. The standard InChI is InChI=1S/C18H22N4O2S/c1-11-6-7-16(25-11)18(24)20-10-14-9-19-12(2)21-17(14)15-5-4-8-22(15)13(3)23/h6-7,9,15H,4-5,8,10H2,1-3H3,(H,20,24)/t15-/m0/s1. The first kappa shape index (κ1) is 17.5. The number of amides is 2. The molecule has 2 aromatic rings. The number of aromatic nitrogens is 2. The van der Waals surface area contributed by atoms with Crippen molar-refractivity contribution in [2.45, 2.75) is 46.2 Å². The smallest absolute Gasteiger partial charge is 0.261 e. The van der Waals surface area contributed by atoms with Gasteiger partial charge in [-0.15, -0.1) is 11.3 Å². The molecule has 1 saturated heterocycles. The van der Waals surface area contributed by atoms with Gasteiger partial charge in [-0.25, -0.2) is 9.97 Å². The molecular formula is C18H22N4O2S. The quantitative estimate of drug-likeness (QED) is 0.912. The Labute approximate surface area is 151 Å². The van der Waals surface area contributed by atoms with Gasteiger partial charge in [0.2, 0.25) is 5.91 Å². The fraction of sp³-hybridized carbons (Fsp3) is 0.444. The van der Waals surface area contributed by atoms with Crippen molar-refractivity contribution in [2.75, 3.05) is 6.54 Å². The number of likely N-dealkylation sites (tertiary alicyclic amines) is 1. The van der Waals surface area contributed by atoms with Gasteiger partial charge in [-0.2, -0.15) is 0 Å². The number of thiophene rings is 1. The van der Waals surface area contributed by atoms with E-state index in [-0.39, 0.29) is 17.9 Å². The largest absolute Gasteiger partial charge is 0.347 e. The van der Waals surface area contributed by atoms with Crippen LogP contribution in [0.1, 0.15) is 57.4 Å². The van der Waals surface area contributed by atoms with Crippen LogP contribution in [0, 0.1) is 13.8 Å². The Morgan fingerprint density at radius 2 is 2.16 bits per heavy atom. The van der Waals surface area contributed by atoms with E-state index in [1.807, 2.05) is 30.9 Å². The summed E-state index contributed by atoms with van der Waals surface area (Å²) in [6.45, 7) is 6.51. The van der Waals surface area contributed by atoms with Gasteiger partial charge in [-0.1, -0.05) is 0 Å². The van der Waals surface area contributed by atoms with E-state index in [0.717, 1.165) is 35.5 Å². The predicted octanol–water partition coefficient (Wildman–Crippen LogP) is 2.77. The molecule has 0 radical (unpaired) electrons. The Kier molecular flexibility index (Phi) is 5.13. The highest BCUT2D eigenvalue weighted by Crippen LogP contribution is 2.32. The monoisotopic (exact) mass is 358 g/mol. The summed E-state index contributed by atoms with van der Waals surface area (Å²) in [6.07, 6.45) is 3.61. The number of carbonyl (C=O) groups is 2. The van der Waals surface area contributed by atoms with Crippen LogP contribution in [0.5, 0.6) is 0 Å². The lowest BCUT2D eigenvalue weighted by Crippen LogP contribution is -2.30. The summed E-state index contributed by atoms with van der Waals surface area (Å²) < 4.78 is 0. The fourth-order valence-electron chi connectivity index (χ4n) is 3.18. The normalized spacial score (nSPS) is 16.9. The first-order valence-electron chi connectivity index (χ1n) is 8.40. The van der Waals surface area contributed by atoms with E-state index in [9.17, 15) is 9.59 Å². The third-order valence-electron chi connectivity index (χ3n) is 4.39. The molecule has 6 nitrogen and oxygen atoms in total. The minimum Gasteiger partial charge on any atom is -0.347 e. The summed E-state index contributed by atoms with van der Waals surface area (Å²) in [5, 5.41) is 2.94. The zero-order valence-electron chi connectivity index (χ0n) is 14.7. The molecule has 2 aromatic heterocycles. The fourth-order valence-corrected chi connectivity index (χ4v) is 3.97. The number of nitrogens with zero attached hydrogens (tertiary/aromatic N) is 3. The van der Waals surface area contributed by atoms with E-state index in [1.165, 1.54) is 11.3 Å². The average molecular weight is 358 g/mol. The van der Waals surface area contributed by atoms with Crippen molar-refractivity contribution in [3.63, 3.8) is 0 Å². The van der Waals surface area contributed by atoms with Crippen LogP contribution in [0.15, 0.2) is 18.3 Å². The lowest BCUT2D eigenvalue weighted by molar-refractivity contribution is -0.129. The topological polar surface area (TPSA) is 75.2 Å². The van der Waals surface area contributed by atoms with E-state index in [0.29, 0.717) is 17.2 Å². The first-order valence-corrected chi connectivity index (χ1v) is 9.21. The summed E-state index contributed by atoms with van der Waals surface area (Å²) in [5.41, 5.74) is 1.72. The molecule has 3 heterocycles. The summed E-state index contributed by atoms with van der Waals surface area (Å²) in [7, 11) is 0. The molecule has 0 aliphatic carbocycles. The minimum atomic E-state index is -0.0977. The highest BCUT2D eigenvalue weighted by Gasteiger charge is 2.31. The summed E-state index contributed by atoms with van der Waals surface area (Å²) >= 11 is 1.47. The van der Waals surface area contributed by atoms with Gasteiger partial charge in [-0.3, -0.25) is 9.59 Å². The zero-order valence-corrected chi connectivity index (χ0v) is 15.5. The Bertz CT molecular complexity index is 802. The van der Waals surface area contributed by atoms with Gasteiger partial charge < -0.3 is 10.2 Å². The number of nitrogens with one attached hydrogen (secondary N) is 1. The Hall–Kier alpha value is -2.28. The molecule has 0 bridgehead atoms. The van der Waals surface area contributed by atoms with Crippen LogP contribution in [0.2, 0.25) is 0 Å². The van der Waals surface area contributed by atoms with Gasteiger partial charge in [0.05, 0.1) is 16.6 Å². The summed E-state index contributed by atoms with van der Waals surface area (Å²) in [5.74, 6) is 0.636. The maximum absolute atomic E-state index is 12.3. The predicted molar refractivity (Wildman–Crippen MR) is 96.4 cm³/mol. The molecule has 132 valence electrons. The molecule has 0 spiro atoms. The highest BCUT2D eigenvalue weighted by atomic mass is 32.1. The average Bonchev–Trinajstić information content (AvgIpc) is 3.22. The maximum Gasteiger partial charge on any atom is 0.261 e. The number of hydrogen-bond acceptors (Lipinski definition) is 5. The van der Waals surface area contributed by atoms with Gasteiger partial charge in [0.1, 0.15) is 5.82 Å². The van der Waals surface area contributed by atoms with E-state index < -0.39 is 0 Å². The second-order valence-electron chi connectivity index (χ2n) is 6.29. The van der Waals surface area contributed by atoms with E-state index in [2.05, 4.69) is 15.3 Å². The lowest BCUT2D eigenvalue weighted by atomic mass is 10.1. The van der Waals surface area contributed by atoms with Crippen molar-refractivity contribution in [3.05, 3.63) is 45.2 Å². The molecule has 2 amide bonds. The van der Waals surface area contributed by atoms with Crippen molar-refractivity contribution in [3.8, 4) is 0 Å². The second kappa shape index (κ2) is 7.31. The molecule has 1 aliphatic rings. The molecule has 1 aliphatic heterocycles. The minimum absolute atomic E-state index is 0.0323. The molecule has 1 N–H and O–H groups in total. The van der Waals surface area contributed by atoms with Crippen LogP contribution < -0.4 is 5.32 Å². The van der Waals surface area contributed by atoms with Crippen LogP contribution in [-0.2, 0) is 11.3 Å². The van der Waals surface area contributed by atoms with E-state index in [1.54, 1.807) is 13.1 Å². The summed E-state index contributed by atoms with van der Waals surface area (Å²) in [6, 6.07) is 3.73. The molecular weight excluding hydrogens is 336 g/mol. The SMILES string of the molecule is CC(=O)N1CCC[C@H]1c1nc(C)ncc1CNC(=O)c1ccc(C)s1. The molecule has 1 atom stereocenters. The van der Waals surface area contributed by atoms with Gasteiger partial charge in [0.25, 0.3) is 5.91 Å². The Balaban J connectivity index is 1.80. The Morgan fingerprint density at radius 1 is 1.36 bits per heavy atom. The Morgan fingerprint density at radius 3 is 2.84 bits per heavy atom. The van der Waals surface area contributed by atoms with Crippen LogP contribution in [0.4, 0.5) is 0 Å². The molecule has 0 saturated carbocycles. The molecule has 1 fully saturated rings. The highest BCUT2D eigenvalue weighted by molar-refractivity contribution is 7.13. The first-order chi connectivity index (χ1) is 12.0. The second-order valence-corrected chi connectivity index (χ2v) is 7.58. The van der Waals surface area contributed by atoms with Crippen LogP contribution in [0.3, 0.4) is 0 Å². The molecule has 0 unspecified atom stereocenters. The van der Waals surface area contributed by atoms with Crippen molar-refractivity contribution in [1.82, 2.24) is 20.2 Å². The van der Waals surface area contributed by atoms with Gasteiger partial charge in [0, 0.05) is 36.7 Å². The molecule has 25 heavy (non-hydrogen) atoms. The number of rotatable bonds is 4. The third-order valence-corrected chi connectivity index (χ3v) is 5.39. The molecule has 3 rings (SSSR count). The zero-order chi connectivity index (χ0) is 18.0. The number of carbonyl (C=O) groups excluding carboxylic acids is 2. The van der Waals surface area contributed by atoms with Gasteiger partial charge >= 0.3 is 0 Å². The number of aryl methyl sites for hydroxylation is 2. The lowest BCUT2D eigenvalue weighted by Gasteiger charge is -2.24.